The van der Waals surface area contributed by atoms with Crippen molar-refractivity contribution in [2.75, 3.05) is 7.11 Å². The second-order valence-electron chi connectivity index (χ2n) is 7.39. The van der Waals surface area contributed by atoms with Crippen LogP contribution in [0.15, 0.2) is 59.4 Å². The molecule has 0 amide bonds. The van der Waals surface area contributed by atoms with Gasteiger partial charge in [0.25, 0.3) is 5.56 Å². The van der Waals surface area contributed by atoms with E-state index in [0.29, 0.717) is 17.7 Å². The zero-order chi connectivity index (χ0) is 21.0. The van der Waals surface area contributed by atoms with Crippen LogP contribution in [0.2, 0.25) is 0 Å². The van der Waals surface area contributed by atoms with E-state index in [1.165, 1.54) is 4.68 Å². The molecule has 2 aromatic carbocycles. The second kappa shape index (κ2) is 8.86. The van der Waals surface area contributed by atoms with Gasteiger partial charge in [0, 0.05) is 18.4 Å². The lowest BCUT2D eigenvalue weighted by molar-refractivity contribution is -0.121. The maximum atomic E-state index is 13.0. The van der Waals surface area contributed by atoms with Gasteiger partial charge in [-0.05, 0) is 50.1 Å². The molecule has 1 aromatic heterocycles. The van der Waals surface area contributed by atoms with Crippen molar-refractivity contribution in [2.24, 2.45) is 0 Å². The molecule has 1 heterocycles. The fraction of sp³-hybridized carbons (Fsp3) is 0.292. The molecule has 3 aromatic rings. The van der Waals surface area contributed by atoms with Crippen molar-refractivity contribution in [3.8, 4) is 5.75 Å². The van der Waals surface area contributed by atoms with Gasteiger partial charge in [-0.2, -0.15) is 5.10 Å². The van der Waals surface area contributed by atoms with Gasteiger partial charge in [0.05, 0.1) is 12.8 Å². The second-order valence-corrected chi connectivity index (χ2v) is 7.39. The molecule has 0 unspecified atom stereocenters. The molecule has 29 heavy (non-hydrogen) atoms. The van der Waals surface area contributed by atoms with Gasteiger partial charge in [-0.1, -0.05) is 42.0 Å². The summed E-state index contributed by atoms with van der Waals surface area (Å²) in [5.74, 6) is 0.705. The first-order valence-electron chi connectivity index (χ1n) is 9.68. The fourth-order valence-corrected chi connectivity index (χ4v) is 3.29. The van der Waals surface area contributed by atoms with E-state index in [9.17, 15) is 9.59 Å². The molecule has 3 rings (SSSR count). The lowest BCUT2D eigenvalue weighted by Gasteiger charge is -2.15. The van der Waals surface area contributed by atoms with Gasteiger partial charge in [-0.25, -0.2) is 4.68 Å². The number of benzene rings is 2. The number of Topliss-reactive ketones (excluding diaryl/α,β-unsaturated/α-hetero) is 1. The van der Waals surface area contributed by atoms with Crippen molar-refractivity contribution in [3.05, 3.63) is 92.9 Å². The Morgan fingerprint density at radius 2 is 1.79 bits per heavy atom. The quantitative estimate of drug-likeness (QED) is 0.615. The highest BCUT2D eigenvalue weighted by Crippen LogP contribution is 2.16. The number of hydrogen-bond donors (Lipinski definition) is 0. The zero-order valence-electron chi connectivity index (χ0n) is 17.3. The SMILES string of the molecule is COc1cccc(Cc2cc(C)nn([C@@H](C)C(=O)Cc3ccc(C)cc3)c2=O)c1. The van der Waals surface area contributed by atoms with E-state index in [0.717, 1.165) is 22.4 Å². The Morgan fingerprint density at radius 3 is 2.48 bits per heavy atom. The minimum absolute atomic E-state index is 0.0404. The minimum atomic E-state index is -0.632. The average molecular weight is 390 g/mol. The normalized spacial score (nSPS) is 11.9. The molecule has 0 fully saturated rings. The molecule has 0 saturated carbocycles. The van der Waals surface area contributed by atoms with Gasteiger partial charge >= 0.3 is 0 Å². The van der Waals surface area contributed by atoms with Gasteiger partial charge in [0.2, 0.25) is 0 Å². The maximum absolute atomic E-state index is 13.0. The topological polar surface area (TPSA) is 61.2 Å². The van der Waals surface area contributed by atoms with E-state index in [2.05, 4.69) is 5.10 Å². The first-order valence-corrected chi connectivity index (χ1v) is 9.68. The van der Waals surface area contributed by atoms with Crippen molar-refractivity contribution in [1.29, 1.82) is 0 Å². The summed E-state index contributed by atoms with van der Waals surface area (Å²) < 4.78 is 6.58. The van der Waals surface area contributed by atoms with Crippen molar-refractivity contribution in [3.63, 3.8) is 0 Å². The Hall–Kier alpha value is -3.21. The number of ether oxygens (including phenoxy) is 1. The van der Waals surface area contributed by atoms with E-state index in [1.54, 1.807) is 20.1 Å². The van der Waals surface area contributed by atoms with Crippen molar-refractivity contribution in [2.45, 2.75) is 39.7 Å². The number of ketones is 1. The van der Waals surface area contributed by atoms with Crippen molar-refractivity contribution >= 4 is 5.78 Å². The van der Waals surface area contributed by atoms with Gasteiger partial charge in [0.1, 0.15) is 11.8 Å². The summed E-state index contributed by atoms with van der Waals surface area (Å²) in [5, 5.41) is 4.34. The van der Waals surface area contributed by atoms with Crippen LogP contribution in [-0.4, -0.2) is 22.7 Å². The van der Waals surface area contributed by atoms with Crippen molar-refractivity contribution < 1.29 is 9.53 Å². The number of aromatic nitrogens is 2. The molecule has 0 saturated heterocycles. The number of carbonyl (C=O) groups excluding carboxylic acids is 1. The highest BCUT2D eigenvalue weighted by atomic mass is 16.5. The van der Waals surface area contributed by atoms with Crippen LogP contribution < -0.4 is 10.3 Å². The smallest absolute Gasteiger partial charge is 0.270 e. The van der Waals surface area contributed by atoms with Crippen LogP contribution in [0.4, 0.5) is 0 Å². The average Bonchev–Trinajstić information content (AvgIpc) is 2.71. The van der Waals surface area contributed by atoms with E-state index in [-0.39, 0.29) is 17.8 Å². The third-order valence-electron chi connectivity index (χ3n) is 4.99. The van der Waals surface area contributed by atoms with Crippen LogP contribution in [0.1, 0.15) is 40.9 Å². The summed E-state index contributed by atoms with van der Waals surface area (Å²) in [7, 11) is 1.62. The van der Waals surface area contributed by atoms with Crippen LogP contribution in [0, 0.1) is 13.8 Å². The first-order chi connectivity index (χ1) is 13.9. The van der Waals surface area contributed by atoms with E-state index in [1.807, 2.05) is 62.4 Å². The summed E-state index contributed by atoms with van der Waals surface area (Å²) in [4.78, 5) is 25.8. The molecule has 0 N–H and O–H groups in total. The molecule has 0 spiro atoms. The first kappa shape index (κ1) is 20.5. The van der Waals surface area contributed by atoms with Gasteiger partial charge in [-0.15, -0.1) is 0 Å². The Labute approximate surface area is 171 Å². The van der Waals surface area contributed by atoms with E-state index in [4.69, 9.17) is 4.74 Å². The Balaban J connectivity index is 1.86. The molecule has 5 heteroatoms. The number of methoxy groups -OCH3 is 1. The highest BCUT2D eigenvalue weighted by Gasteiger charge is 2.20. The van der Waals surface area contributed by atoms with E-state index >= 15 is 0 Å². The molecule has 0 bridgehead atoms. The van der Waals surface area contributed by atoms with Gasteiger partial charge in [0.15, 0.2) is 5.78 Å². The number of carbonyl (C=O) groups is 1. The highest BCUT2D eigenvalue weighted by molar-refractivity contribution is 5.84. The lowest BCUT2D eigenvalue weighted by atomic mass is 10.0. The molecular weight excluding hydrogens is 364 g/mol. The Bertz CT molecular complexity index is 1070. The summed E-state index contributed by atoms with van der Waals surface area (Å²) in [5.41, 5.74) is 4.14. The summed E-state index contributed by atoms with van der Waals surface area (Å²) in [6.07, 6.45) is 0.729. The maximum Gasteiger partial charge on any atom is 0.270 e. The molecule has 0 aliphatic heterocycles. The van der Waals surface area contributed by atoms with E-state index < -0.39 is 6.04 Å². The third-order valence-corrected chi connectivity index (χ3v) is 4.99. The fourth-order valence-electron chi connectivity index (χ4n) is 3.29. The van der Waals surface area contributed by atoms with Gasteiger partial charge in [-0.3, -0.25) is 9.59 Å². The summed E-state index contributed by atoms with van der Waals surface area (Å²) >= 11 is 0. The molecule has 0 radical (unpaired) electrons. The number of aryl methyl sites for hydroxylation is 2. The van der Waals surface area contributed by atoms with Gasteiger partial charge < -0.3 is 4.74 Å². The standard InChI is InChI=1S/C24H26N2O3/c1-16-8-10-19(11-9-16)15-23(27)18(3)26-24(28)21(12-17(2)25-26)13-20-6-5-7-22(14-20)29-4/h5-12,14,18H,13,15H2,1-4H3/t18-/m0/s1. The van der Waals surface area contributed by atoms with Crippen molar-refractivity contribution in [1.82, 2.24) is 9.78 Å². The number of nitrogens with zero attached hydrogens (tertiary/aromatic N) is 2. The predicted molar refractivity (Wildman–Crippen MR) is 114 cm³/mol. The minimum Gasteiger partial charge on any atom is -0.497 e. The molecular formula is C24H26N2O3. The zero-order valence-corrected chi connectivity index (χ0v) is 17.3. The third kappa shape index (κ3) is 4.99. The molecule has 150 valence electrons. The number of rotatable bonds is 7. The molecule has 0 aliphatic carbocycles. The predicted octanol–water partition coefficient (Wildman–Crippen LogP) is 3.83. The monoisotopic (exact) mass is 390 g/mol. The Kier molecular flexibility index (Phi) is 6.27. The molecule has 1 atom stereocenters. The van der Waals surface area contributed by atoms with Crippen LogP contribution in [0.5, 0.6) is 5.75 Å². The number of hydrogen-bond acceptors (Lipinski definition) is 4. The van der Waals surface area contributed by atoms with Crippen LogP contribution in [0.3, 0.4) is 0 Å². The Morgan fingerprint density at radius 1 is 1.07 bits per heavy atom. The lowest BCUT2D eigenvalue weighted by Crippen LogP contribution is -2.33. The largest absolute Gasteiger partial charge is 0.497 e. The summed E-state index contributed by atoms with van der Waals surface area (Å²) in [6, 6.07) is 16.6. The molecule has 5 nitrogen and oxygen atoms in total. The van der Waals surface area contributed by atoms with Crippen LogP contribution >= 0.6 is 0 Å². The summed E-state index contributed by atoms with van der Waals surface area (Å²) in [6.45, 7) is 5.58. The van der Waals surface area contributed by atoms with Crippen LogP contribution in [0.25, 0.3) is 0 Å². The van der Waals surface area contributed by atoms with Crippen LogP contribution in [-0.2, 0) is 17.6 Å². The molecule has 0 aliphatic rings.